The van der Waals surface area contributed by atoms with Crippen LogP contribution in [0.3, 0.4) is 0 Å². The van der Waals surface area contributed by atoms with E-state index < -0.39 is 6.10 Å². The normalized spacial score (nSPS) is 31.1. The molecule has 0 N–H and O–H groups in total. The lowest BCUT2D eigenvalue weighted by Gasteiger charge is -2.37. The van der Waals surface area contributed by atoms with Gasteiger partial charge in [-0.05, 0) is 25.0 Å². The number of allylic oxidation sites excluding steroid dienone is 2. The van der Waals surface area contributed by atoms with E-state index >= 15 is 0 Å². The molecule has 0 unspecified atom stereocenters. The summed E-state index contributed by atoms with van der Waals surface area (Å²) >= 11 is 0. The Labute approximate surface area is 158 Å². The molecule has 144 valence electrons. The third-order valence-electron chi connectivity index (χ3n) is 6.01. The Morgan fingerprint density at radius 1 is 1.33 bits per heavy atom. The van der Waals surface area contributed by atoms with Crippen LogP contribution in [0, 0.1) is 11.3 Å². The van der Waals surface area contributed by atoms with E-state index in [4.69, 9.17) is 23.7 Å². The predicted octanol–water partition coefficient (Wildman–Crippen LogP) is 3.57. The fourth-order valence-electron chi connectivity index (χ4n) is 4.49. The Bertz CT molecular complexity index is 813. The van der Waals surface area contributed by atoms with E-state index in [0.717, 1.165) is 11.3 Å². The molecule has 4 rings (SSSR count). The van der Waals surface area contributed by atoms with Crippen molar-refractivity contribution in [2.75, 3.05) is 21.0 Å². The summed E-state index contributed by atoms with van der Waals surface area (Å²) < 4.78 is 28.3. The second-order valence-corrected chi connectivity index (χ2v) is 7.27. The van der Waals surface area contributed by atoms with Crippen LogP contribution in [0.1, 0.15) is 31.4 Å². The first-order chi connectivity index (χ1) is 13.0. The van der Waals surface area contributed by atoms with Crippen molar-refractivity contribution in [2.45, 2.75) is 32.0 Å². The van der Waals surface area contributed by atoms with E-state index in [1.807, 2.05) is 18.2 Å². The number of ether oxygens (including phenoxy) is 5. The van der Waals surface area contributed by atoms with E-state index in [2.05, 4.69) is 13.5 Å². The van der Waals surface area contributed by atoms with Gasteiger partial charge in [-0.15, -0.1) is 6.58 Å². The molecule has 0 saturated carbocycles. The highest BCUT2D eigenvalue weighted by atomic mass is 16.7. The number of carbonyl (C=O) groups excluding carboxylic acids is 1. The van der Waals surface area contributed by atoms with Gasteiger partial charge in [0, 0.05) is 30.1 Å². The fourth-order valence-corrected chi connectivity index (χ4v) is 4.49. The van der Waals surface area contributed by atoms with E-state index in [0.29, 0.717) is 30.1 Å². The second kappa shape index (κ2) is 6.60. The summed E-state index contributed by atoms with van der Waals surface area (Å²) in [5.41, 5.74) is 0.619. The van der Waals surface area contributed by atoms with Crippen molar-refractivity contribution in [3.05, 3.63) is 42.2 Å². The molecular formula is C21H24O6. The van der Waals surface area contributed by atoms with Gasteiger partial charge in [0.25, 0.3) is 0 Å². The summed E-state index contributed by atoms with van der Waals surface area (Å²) in [5, 5.41) is 0. The number of methoxy groups -OCH3 is 2. The minimum absolute atomic E-state index is 0.0525. The number of rotatable bonds is 5. The summed E-state index contributed by atoms with van der Waals surface area (Å²) in [6.07, 6.45) is 4.10. The van der Waals surface area contributed by atoms with E-state index in [-0.39, 0.29) is 30.0 Å². The SMILES string of the molecule is C=CC[C@]12C[C@@H](OC)C(=O)C=C1O[C@H](c1cc(OC)c3c(c1)OCO3)[C@H]2C. The van der Waals surface area contributed by atoms with Gasteiger partial charge in [0.15, 0.2) is 17.3 Å². The Balaban J connectivity index is 1.76. The zero-order chi connectivity index (χ0) is 19.2. The quantitative estimate of drug-likeness (QED) is 0.737. The molecule has 27 heavy (non-hydrogen) atoms. The topological polar surface area (TPSA) is 63.2 Å². The molecule has 0 bridgehead atoms. The van der Waals surface area contributed by atoms with Crippen molar-refractivity contribution < 1.29 is 28.5 Å². The van der Waals surface area contributed by atoms with Gasteiger partial charge in [0.2, 0.25) is 12.5 Å². The molecule has 2 aliphatic heterocycles. The Morgan fingerprint density at radius 3 is 2.85 bits per heavy atom. The van der Waals surface area contributed by atoms with Gasteiger partial charge in [-0.2, -0.15) is 0 Å². The van der Waals surface area contributed by atoms with Gasteiger partial charge in [-0.25, -0.2) is 0 Å². The van der Waals surface area contributed by atoms with Crippen LogP contribution in [0.15, 0.2) is 36.6 Å². The third kappa shape index (κ3) is 2.62. The molecule has 0 radical (unpaired) electrons. The number of carbonyl (C=O) groups is 1. The first-order valence-electron chi connectivity index (χ1n) is 9.08. The summed E-state index contributed by atoms with van der Waals surface area (Å²) in [7, 11) is 3.17. The monoisotopic (exact) mass is 372 g/mol. The zero-order valence-corrected chi connectivity index (χ0v) is 15.8. The standard InChI is InChI=1S/C21H24O6/c1-5-6-21-10-17(24-4)14(22)9-18(21)27-19(12(21)2)13-7-15(23-3)20-16(8-13)25-11-26-20/h5,7-9,12,17,19H,1,6,10-11H2,2-4H3/t12-,17-,19+,21-/m1/s1. The average molecular weight is 372 g/mol. The van der Waals surface area contributed by atoms with Crippen molar-refractivity contribution in [3.63, 3.8) is 0 Å². The summed E-state index contributed by atoms with van der Waals surface area (Å²) in [6.45, 7) is 6.24. The number of fused-ring (bicyclic) bond motifs is 2. The van der Waals surface area contributed by atoms with Crippen molar-refractivity contribution in [3.8, 4) is 17.2 Å². The molecule has 6 nitrogen and oxygen atoms in total. The molecule has 4 atom stereocenters. The first kappa shape index (κ1) is 17.9. The van der Waals surface area contributed by atoms with Crippen molar-refractivity contribution >= 4 is 5.78 Å². The largest absolute Gasteiger partial charge is 0.493 e. The van der Waals surface area contributed by atoms with Crippen LogP contribution in [0.2, 0.25) is 0 Å². The number of hydrogen-bond acceptors (Lipinski definition) is 6. The molecule has 2 heterocycles. The lowest BCUT2D eigenvalue weighted by molar-refractivity contribution is -0.127. The number of hydrogen-bond donors (Lipinski definition) is 0. The molecule has 6 heteroatoms. The summed E-state index contributed by atoms with van der Waals surface area (Å²) in [5.74, 6) is 2.64. The Kier molecular flexibility index (Phi) is 4.38. The summed E-state index contributed by atoms with van der Waals surface area (Å²) in [4.78, 5) is 12.4. The van der Waals surface area contributed by atoms with Crippen LogP contribution in [0.5, 0.6) is 17.2 Å². The van der Waals surface area contributed by atoms with Gasteiger partial charge in [0.1, 0.15) is 18.0 Å². The second-order valence-electron chi connectivity index (χ2n) is 7.27. The molecule has 1 fully saturated rings. The third-order valence-corrected chi connectivity index (χ3v) is 6.01. The average Bonchev–Trinajstić information content (AvgIpc) is 3.24. The Morgan fingerprint density at radius 2 is 2.15 bits per heavy atom. The molecule has 1 saturated heterocycles. The maximum absolute atomic E-state index is 12.4. The van der Waals surface area contributed by atoms with Crippen LogP contribution in [0.4, 0.5) is 0 Å². The van der Waals surface area contributed by atoms with Crippen LogP contribution in [-0.2, 0) is 14.3 Å². The van der Waals surface area contributed by atoms with Gasteiger partial charge in [-0.3, -0.25) is 4.79 Å². The van der Waals surface area contributed by atoms with E-state index in [1.165, 1.54) is 0 Å². The fraction of sp³-hybridized carbons (Fsp3) is 0.476. The smallest absolute Gasteiger partial charge is 0.231 e. The van der Waals surface area contributed by atoms with Gasteiger partial charge >= 0.3 is 0 Å². The number of ketones is 1. The van der Waals surface area contributed by atoms with Crippen LogP contribution >= 0.6 is 0 Å². The molecule has 0 aromatic heterocycles. The van der Waals surface area contributed by atoms with E-state index in [9.17, 15) is 4.79 Å². The molecule has 0 spiro atoms. The molecule has 1 aromatic rings. The minimum atomic E-state index is -0.454. The zero-order valence-electron chi connectivity index (χ0n) is 15.8. The van der Waals surface area contributed by atoms with Gasteiger partial charge in [0.05, 0.1) is 7.11 Å². The molecule has 1 aliphatic carbocycles. The summed E-state index contributed by atoms with van der Waals surface area (Å²) in [6, 6.07) is 3.85. The minimum Gasteiger partial charge on any atom is -0.493 e. The van der Waals surface area contributed by atoms with Gasteiger partial charge in [-0.1, -0.05) is 13.0 Å². The lowest BCUT2D eigenvalue weighted by Crippen LogP contribution is -2.39. The van der Waals surface area contributed by atoms with Crippen molar-refractivity contribution in [1.29, 1.82) is 0 Å². The van der Waals surface area contributed by atoms with E-state index in [1.54, 1.807) is 20.3 Å². The van der Waals surface area contributed by atoms with Gasteiger partial charge < -0.3 is 23.7 Å². The first-order valence-corrected chi connectivity index (χ1v) is 9.08. The van der Waals surface area contributed by atoms with Crippen LogP contribution in [0.25, 0.3) is 0 Å². The molecule has 3 aliphatic rings. The predicted molar refractivity (Wildman–Crippen MR) is 97.9 cm³/mol. The highest BCUT2D eigenvalue weighted by molar-refractivity contribution is 5.95. The maximum atomic E-state index is 12.4. The highest BCUT2D eigenvalue weighted by Gasteiger charge is 2.55. The van der Waals surface area contributed by atoms with Crippen LogP contribution < -0.4 is 14.2 Å². The lowest BCUT2D eigenvalue weighted by atomic mass is 9.65. The maximum Gasteiger partial charge on any atom is 0.231 e. The molecule has 1 aromatic carbocycles. The Hall–Kier alpha value is -2.47. The van der Waals surface area contributed by atoms with Crippen molar-refractivity contribution in [2.24, 2.45) is 11.3 Å². The van der Waals surface area contributed by atoms with Crippen LogP contribution in [-0.4, -0.2) is 32.9 Å². The van der Waals surface area contributed by atoms with Crippen molar-refractivity contribution in [1.82, 2.24) is 0 Å². The number of benzene rings is 1. The highest BCUT2D eigenvalue weighted by Crippen LogP contribution is 2.60. The molecular weight excluding hydrogens is 348 g/mol. The molecule has 0 amide bonds.